The minimum absolute atomic E-state index is 0.116. The van der Waals surface area contributed by atoms with Gasteiger partial charge in [-0.1, -0.05) is 37.3 Å². The molecular weight excluding hydrogens is 314 g/mol. The van der Waals surface area contributed by atoms with Crippen LogP contribution in [0.4, 0.5) is 11.6 Å². The van der Waals surface area contributed by atoms with Crippen molar-refractivity contribution in [2.75, 3.05) is 36.9 Å². The van der Waals surface area contributed by atoms with E-state index >= 15 is 0 Å². The number of rotatable bonds is 5. The largest absolute Gasteiger partial charge is 0.367 e. The fourth-order valence-electron chi connectivity index (χ4n) is 2.96. The van der Waals surface area contributed by atoms with Gasteiger partial charge in [-0.3, -0.25) is 4.79 Å². The molecule has 2 aromatic rings. The molecule has 0 radical (unpaired) electrons. The monoisotopic (exact) mass is 339 g/mol. The van der Waals surface area contributed by atoms with E-state index in [1.54, 1.807) is 11.2 Å². The molecule has 1 saturated heterocycles. The summed E-state index contributed by atoms with van der Waals surface area (Å²) in [4.78, 5) is 24.3. The molecule has 2 heterocycles. The lowest BCUT2D eigenvalue weighted by molar-refractivity contribution is -0.129. The number of aromatic nitrogens is 2. The number of anilines is 2. The molecular formula is C19H25N5O. The van der Waals surface area contributed by atoms with E-state index in [1.165, 1.54) is 5.56 Å². The average molecular weight is 339 g/mol. The molecule has 0 spiro atoms. The number of nitrogens with one attached hydrogen (secondary N) is 1. The Balaban J connectivity index is 1.68. The first kappa shape index (κ1) is 17.2. The SMILES string of the molecule is CC(Nc1cc(N2CCN(C)C(=O)C2)ncn1)C(C)c1ccccc1. The van der Waals surface area contributed by atoms with Crippen LogP contribution in [0.15, 0.2) is 42.7 Å². The zero-order valence-corrected chi connectivity index (χ0v) is 15.0. The molecule has 3 rings (SSSR count). The van der Waals surface area contributed by atoms with E-state index in [-0.39, 0.29) is 11.9 Å². The van der Waals surface area contributed by atoms with Crippen molar-refractivity contribution in [3.63, 3.8) is 0 Å². The fourth-order valence-corrected chi connectivity index (χ4v) is 2.96. The van der Waals surface area contributed by atoms with Gasteiger partial charge in [-0.15, -0.1) is 0 Å². The van der Waals surface area contributed by atoms with Gasteiger partial charge < -0.3 is 15.1 Å². The van der Waals surface area contributed by atoms with E-state index in [0.717, 1.165) is 18.2 Å². The number of hydrogen-bond donors (Lipinski definition) is 1. The van der Waals surface area contributed by atoms with Crippen molar-refractivity contribution in [3.05, 3.63) is 48.3 Å². The third kappa shape index (κ3) is 4.07. The summed E-state index contributed by atoms with van der Waals surface area (Å²) in [5.41, 5.74) is 1.29. The number of benzene rings is 1. The highest BCUT2D eigenvalue weighted by atomic mass is 16.2. The van der Waals surface area contributed by atoms with Crippen LogP contribution in [-0.2, 0) is 4.79 Å². The lowest BCUT2D eigenvalue weighted by Crippen LogP contribution is -2.48. The van der Waals surface area contributed by atoms with Gasteiger partial charge in [0.1, 0.15) is 18.0 Å². The van der Waals surface area contributed by atoms with Crippen LogP contribution >= 0.6 is 0 Å². The van der Waals surface area contributed by atoms with Crippen molar-refractivity contribution < 1.29 is 4.79 Å². The van der Waals surface area contributed by atoms with Gasteiger partial charge in [0.2, 0.25) is 5.91 Å². The van der Waals surface area contributed by atoms with Crippen molar-refractivity contribution in [3.8, 4) is 0 Å². The number of nitrogens with zero attached hydrogens (tertiary/aromatic N) is 4. The lowest BCUT2D eigenvalue weighted by atomic mass is 9.94. The van der Waals surface area contributed by atoms with Crippen molar-refractivity contribution in [2.45, 2.75) is 25.8 Å². The maximum atomic E-state index is 11.9. The van der Waals surface area contributed by atoms with Crippen LogP contribution in [0.2, 0.25) is 0 Å². The van der Waals surface area contributed by atoms with Crippen LogP contribution in [0.3, 0.4) is 0 Å². The van der Waals surface area contributed by atoms with Gasteiger partial charge in [-0.2, -0.15) is 0 Å². The summed E-state index contributed by atoms with van der Waals surface area (Å²) >= 11 is 0. The topological polar surface area (TPSA) is 61.4 Å². The number of amides is 1. The Morgan fingerprint density at radius 1 is 1.12 bits per heavy atom. The Labute approximate surface area is 148 Å². The first-order valence-electron chi connectivity index (χ1n) is 8.67. The van der Waals surface area contributed by atoms with Gasteiger partial charge in [0.15, 0.2) is 0 Å². The minimum atomic E-state index is 0.116. The fraction of sp³-hybridized carbons (Fsp3) is 0.421. The first-order valence-corrected chi connectivity index (χ1v) is 8.67. The number of hydrogen-bond acceptors (Lipinski definition) is 5. The molecule has 0 bridgehead atoms. The zero-order chi connectivity index (χ0) is 17.8. The molecule has 0 aliphatic carbocycles. The average Bonchev–Trinajstić information content (AvgIpc) is 2.64. The quantitative estimate of drug-likeness (QED) is 0.906. The zero-order valence-electron chi connectivity index (χ0n) is 15.0. The highest BCUT2D eigenvalue weighted by molar-refractivity contribution is 5.82. The van der Waals surface area contributed by atoms with E-state index in [1.807, 2.05) is 24.1 Å². The third-order valence-corrected chi connectivity index (χ3v) is 4.88. The number of carbonyl (C=O) groups is 1. The maximum absolute atomic E-state index is 11.9. The predicted molar refractivity (Wildman–Crippen MR) is 99.8 cm³/mol. The molecule has 1 aromatic carbocycles. The van der Waals surface area contributed by atoms with E-state index in [0.29, 0.717) is 19.0 Å². The number of piperazine rings is 1. The van der Waals surface area contributed by atoms with Crippen LogP contribution in [0.5, 0.6) is 0 Å². The van der Waals surface area contributed by atoms with E-state index in [2.05, 4.69) is 53.4 Å². The van der Waals surface area contributed by atoms with E-state index < -0.39 is 0 Å². The second-order valence-electron chi connectivity index (χ2n) is 6.63. The van der Waals surface area contributed by atoms with E-state index in [9.17, 15) is 4.79 Å². The van der Waals surface area contributed by atoms with Crippen molar-refractivity contribution in [1.82, 2.24) is 14.9 Å². The highest BCUT2D eigenvalue weighted by Crippen LogP contribution is 2.23. The molecule has 1 aromatic heterocycles. The summed E-state index contributed by atoms with van der Waals surface area (Å²) < 4.78 is 0. The molecule has 1 amide bonds. The van der Waals surface area contributed by atoms with Crippen molar-refractivity contribution in [1.29, 1.82) is 0 Å². The third-order valence-electron chi connectivity index (χ3n) is 4.88. The molecule has 1 aliphatic heterocycles. The Hall–Kier alpha value is -2.63. The predicted octanol–water partition coefficient (Wildman–Crippen LogP) is 2.36. The summed E-state index contributed by atoms with van der Waals surface area (Å²) in [7, 11) is 1.83. The van der Waals surface area contributed by atoms with Crippen LogP contribution in [0.1, 0.15) is 25.3 Å². The summed E-state index contributed by atoms with van der Waals surface area (Å²) in [5.74, 6) is 2.04. The van der Waals surface area contributed by atoms with Gasteiger partial charge in [0.05, 0.1) is 6.54 Å². The molecule has 2 unspecified atom stereocenters. The second kappa shape index (κ2) is 7.51. The first-order chi connectivity index (χ1) is 12.0. The minimum Gasteiger partial charge on any atom is -0.367 e. The summed E-state index contributed by atoms with van der Waals surface area (Å²) in [6.45, 7) is 6.22. The Bertz CT molecular complexity index is 721. The van der Waals surface area contributed by atoms with Gasteiger partial charge in [0.25, 0.3) is 0 Å². The summed E-state index contributed by atoms with van der Waals surface area (Å²) in [6.07, 6.45) is 1.56. The van der Waals surface area contributed by atoms with Gasteiger partial charge in [0, 0.05) is 38.2 Å². The van der Waals surface area contributed by atoms with Gasteiger partial charge in [-0.05, 0) is 12.5 Å². The Morgan fingerprint density at radius 2 is 1.88 bits per heavy atom. The Kier molecular flexibility index (Phi) is 5.16. The number of likely N-dealkylation sites (N-methyl/N-ethyl adjacent to an activating group) is 1. The second-order valence-corrected chi connectivity index (χ2v) is 6.63. The van der Waals surface area contributed by atoms with Crippen molar-refractivity contribution in [2.24, 2.45) is 0 Å². The molecule has 1 fully saturated rings. The van der Waals surface area contributed by atoms with Crippen LogP contribution in [0.25, 0.3) is 0 Å². The molecule has 1 N–H and O–H groups in total. The maximum Gasteiger partial charge on any atom is 0.241 e. The normalized spacial score (nSPS) is 17.3. The molecule has 6 heteroatoms. The summed E-state index contributed by atoms with van der Waals surface area (Å²) in [5, 5.41) is 3.47. The standard InChI is InChI=1S/C19H25N5O/c1-14(16-7-5-4-6-8-16)15(2)22-17-11-18(21-13-20-17)24-10-9-23(3)19(25)12-24/h4-8,11,13-15H,9-10,12H2,1-3H3,(H,20,21,22). The van der Waals surface area contributed by atoms with Crippen LogP contribution in [0, 0.1) is 0 Å². The molecule has 6 nitrogen and oxygen atoms in total. The molecule has 132 valence electrons. The molecule has 25 heavy (non-hydrogen) atoms. The Morgan fingerprint density at radius 3 is 2.60 bits per heavy atom. The number of carbonyl (C=O) groups excluding carboxylic acids is 1. The highest BCUT2D eigenvalue weighted by Gasteiger charge is 2.22. The van der Waals surface area contributed by atoms with E-state index in [4.69, 9.17) is 0 Å². The van der Waals surface area contributed by atoms with Crippen LogP contribution in [-0.4, -0.2) is 53.5 Å². The molecule has 1 aliphatic rings. The summed E-state index contributed by atoms with van der Waals surface area (Å²) in [6, 6.07) is 12.6. The molecule has 0 saturated carbocycles. The molecule has 2 atom stereocenters. The lowest BCUT2D eigenvalue weighted by Gasteiger charge is -2.32. The van der Waals surface area contributed by atoms with Crippen LogP contribution < -0.4 is 10.2 Å². The van der Waals surface area contributed by atoms with Crippen molar-refractivity contribution >= 4 is 17.5 Å². The van der Waals surface area contributed by atoms with Gasteiger partial charge >= 0.3 is 0 Å². The smallest absolute Gasteiger partial charge is 0.241 e. The van der Waals surface area contributed by atoms with Gasteiger partial charge in [-0.25, -0.2) is 9.97 Å².